The zero-order valence-electron chi connectivity index (χ0n) is 35.9. The van der Waals surface area contributed by atoms with Gasteiger partial charge in [-0.15, -0.1) is 0 Å². The van der Waals surface area contributed by atoms with Crippen molar-refractivity contribution < 1.29 is 28.8 Å². The van der Waals surface area contributed by atoms with Crippen LogP contribution in [0.4, 0.5) is 0 Å². The third-order valence-electron chi connectivity index (χ3n) is 11.0. The van der Waals surface area contributed by atoms with Gasteiger partial charge in [0.25, 0.3) is 0 Å². The van der Waals surface area contributed by atoms with Gasteiger partial charge in [-0.25, -0.2) is 4.57 Å². The van der Waals surface area contributed by atoms with Crippen molar-refractivity contribution in [1.82, 2.24) is 5.32 Å². The van der Waals surface area contributed by atoms with E-state index in [1.54, 1.807) is 6.08 Å². The molecule has 7 nitrogen and oxygen atoms in total. The van der Waals surface area contributed by atoms with E-state index in [1.807, 2.05) is 6.08 Å². The van der Waals surface area contributed by atoms with E-state index in [0.717, 1.165) is 38.5 Å². The van der Waals surface area contributed by atoms with Crippen LogP contribution in [-0.4, -0.2) is 39.6 Å². The number of phosphoric acid groups is 1. The van der Waals surface area contributed by atoms with Gasteiger partial charge in [-0.3, -0.25) is 9.32 Å². The summed E-state index contributed by atoms with van der Waals surface area (Å²) in [5.41, 5.74) is 0. The normalized spacial score (nSPS) is 13.2. The van der Waals surface area contributed by atoms with Crippen LogP contribution in [0.15, 0.2) is 12.2 Å². The van der Waals surface area contributed by atoms with Gasteiger partial charge in [0.05, 0.1) is 18.8 Å². The second-order valence-corrected chi connectivity index (χ2v) is 17.7. The molecule has 0 saturated heterocycles. The largest absolute Gasteiger partial charge is 0.469 e. The molecule has 54 heavy (non-hydrogen) atoms. The second kappa shape index (κ2) is 41.9. The Morgan fingerprint density at radius 2 is 0.815 bits per heavy atom. The number of carbonyl (C=O) groups excluding carboxylic acids is 1. The minimum Gasteiger partial charge on any atom is -0.387 e. The molecule has 1 amide bonds. The molecule has 0 radical (unpaired) electrons. The van der Waals surface area contributed by atoms with Crippen LogP contribution in [0.25, 0.3) is 0 Å². The molecule has 0 heterocycles. The van der Waals surface area contributed by atoms with E-state index in [1.165, 1.54) is 199 Å². The number of amides is 1. The fourth-order valence-corrected chi connectivity index (χ4v) is 7.76. The van der Waals surface area contributed by atoms with Crippen LogP contribution < -0.4 is 5.32 Å². The smallest absolute Gasteiger partial charge is 0.387 e. The summed E-state index contributed by atoms with van der Waals surface area (Å²) in [6, 6.07) is -0.904. The molecule has 0 spiro atoms. The van der Waals surface area contributed by atoms with Crippen molar-refractivity contribution in [1.29, 1.82) is 0 Å². The van der Waals surface area contributed by atoms with Crippen LogP contribution in [0.5, 0.6) is 0 Å². The molecule has 0 aromatic heterocycles. The Balaban J connectivity index is 3.75. The fourth-order valence-electron chi connectivity index (χ4n) is 7.40. The Bertz CT molecular complexity index is 849. The van der Waals surface area contributed by atoms with Crippen molar-refractivity contribution >= 4 is 13.7 Å². The van der Waals surface area contributed by atoms with Crippen LogP contribution >= 0.6 is 7.82 Å². The molecule has 0 fully saturated rings. The van der Waals surface area contributed by atoms with Crippen molar-refractivity contribution in [3.63, 3.8) is 0 Å². The molecule has 4 N–H and O–H groups in total. The lowest BCUT2D eigenvalue weighted by atomic mass is 10.0. The molecule has 322 valence electrons. The minimum atomic E-state index is -4.71. The first-order chi connectivity index (χ1) is 26.3. The lowest BCUT2D eigenvalue weighted by Gasteiger charge is -2.22. The second-order valence-electron chi connectivity index (χ2n) is 16.4. The number of aliphatic hydroxyl groups is 1. The highest BCUT2D eigenvalue weighted by Crippen LogP contribution is 2.36. The van der Waals surface area contributed by atoms with E-state index in [9.17, 15) is 14.5 Å². The molecular weight excluding hydrogens is 693 g/mol. The van der Waals surface area contributed by atoms with Crippen molar-refractivity contribution in [3.8, 4) is 0 Å². The first kappa shape index (κ1) is 53.3. The van der Waals surface area contributed by atoms with Crippen LogP contribution in [0.1, 0.15) is 258 Å². The molecule has 0 aromatic rings. The molecule has 0 saturated carbocycles. The standard InChI is InChI=1S/C46H92NO6P/c1-3-5-7-9-11-13-15-17-18-19-20-21-22-23-24-25-26-27-28-29-30-32-34-36-38-40-42-46(49)47-44(43-53-54(50,51)52)45(48)41-39-37-35-33-31-16-14-12-10-8-6-4-2/h39,41,44-45,48H,3-38,40,42-43H2,1-2H3,(H,47,49)(H2,50,51,52)/b41-39+/t44-,45+/m0/s1. The van der Waals surface area contributed by atoms with E-state index in [4.69, 9.17) is 9.79 Å². The molecule has 2 atom stereocenters. The van der Waals surface area contributed by atoms with Gasteiger partial charge in [-0.1, -0.05) is 244 Å². The molecule has 0 bridgehead atoms. The zero-order chi connectivity index (χ0) is 39.6. The summed E-state index contributed by atoms with van der Waals surface area (Å²) in [4.78, 5) is 30.9. The zero-order valence-corrected chi connectivity index (χ0v) is 36.8. The lowest BCUT2D eigenvalue weighted by Crippen LogP contribution is -2.45. The van der Waals surface area contributed by atoms with E-state index in [0.29, 0.717) is 6.42 Å². The maximum atomic E-state index is 12.6. The summed E-state index contributed by atoms with van der Waals surface area (Å²) in [5.74, 6) is -0.221. The number of carbonyl (C=O) groups is 1. The number of allylic oxidation sites excluding steroid dienone is 1. The number of hydrogen-bond donors (Lipinski definition) is 4. The van der Waals surface area contributed by atoms with Crippen molar-refractivity contribution in [3.05, 3.63) is 12.2 Å². The van der Waals surface area contributed by atoms with Gasteiger partial charge in [0, 0.05) is 6.42 Å². The first-order valence-electron chi connectivity index (χ1n) is 23.6. The van der Waals surface area contributed by atoms with Crippen LogP contribution in [-0.2, 0) is 13.9 Å². The van der Waals surface area contributed by atoms with Gasteiger partial charge in [-0.05, 0) is 19.3 Å². The quantitative estimate of drug-likeness (QED) is 0.0278. The third-order valence-corrected chi connectivity index (χ3v) is 11.5. The predicted octanol–water partition coefficient (Wildman–Crippen LogP) is 14.4. The average Bonchev–Trinajstić information content (AvgIpc) is 3.14. The van der Waals surface area contributed by atoms with Gasteiger partial charge >= 0.3 is 7.82 Å². The predicted molar refractivity (Wildman–Crippen MR) is 232 cm³/mol. The van der Waals surface area contributed by atoms with Gasteiger partial charge in [0.2, 0.25) is 5.91 Å². The number of rotatable bonds is 44. The van der Waals surface area contributed by atoms with E-state index >= 15 is 0 Å². The minimum absolute atomic E-state index is 0.221. The first-order valence-corrected chi connectivity index (χ1v) is 25.2. The van der Waals surface area contributed by atoms with Gasteiger partial charge < -0.3 is 20.2 Å². The number of phosphoric ester groups is 1. The lowest BCUT2D eigenvalue weighted by molar-refractivity contribution is -0.123. The summed E-state index contributed by atoms with van der Waals surface area (Å²) >= 11 is 0. The molecule has 8 heteroatoms. The van der Waals surface area contributed by atoms with Crippen molar-refractivity contribution in [2.24, 2.45) is 0 Å². The highest BCUT2D eigenvalue weighted by atomic mass is 31.2. The Hall–Kier alpha value is -0.720. The summed E-state index contributed by atoms with van der Waals surface area (Å²) in [5, 5.41) is 13.4. The summed E-state index contributed by atoms with van der Waals surface area (Å²) in [6.07, 6.45) is 51.2. The summed E-state index contributed by atoms with van der Waals surface area (Å²) in [7, 11) is -4.71. The molecule has 0 aliphatic carbocycles. The van der Waals surface area contributed by atoms with Gasteiger partial charge in [0.1, 0.15) is 0 Å². The number of hydrogen-bond acceptors (Lipinski definition) is 4. The summed E-state index contributed by atoms with van der Waals surface area (Å²) in [6.45, 7) is 4.09. The van der Waals surface area contributed by atoms with E-state index in [2.05, 4.69) is 23.7 Å². The molecule has 0 aliphatic rings. The Labute approximate surface area is 335 Å². The molecule has 0 unspecified atom stereocenters. The van der Waals surface area contributed by atoms with Gasteiger partial charge in [0.15, 0.2) is 0 Å². The molecule has 0 aliphatic heterocycles. The van der Waals surface area contributed by atoms with E-state index in [-0.39, 0.29) is 5.91 Å². The van der Waals surface area contributed by atoms with Crippen molar-refractivity contribution in [2.45, 2.75) is 270 Å². The molecule has 0 aromatic carbocycles. The summed E-state index contributed by atoms with van der Waals surface area (Å²) < 4.78 is 15.9. The van der Waals surface area contributed by atoms with E-state index < -0.39 is 26.6 Å². The van der Waals surface area contributed by atoms with Crippen LogP contribution in [0.3, 0.4) is 0 Å². The highest BCUT2D eigenvalue weighted by molar-refractivity contribution is 7.46. The molecular formula is C46H92NO6P. The van der Waals surface area contributed by atoms with Crippen molar-refractivity contribution in [2.75, 3.05) is 6.61 Å². The van der Waals surface area contributed by atoms with Crippen LogP contribution in [0, 0.1) is 0 Å². The monoisotopic (exact) mass is 786 g/mol. The van der Waals surface area contributed by atoms with Gasteiger partial charge in [-0.2, -0.15) is 0 Å². The Morgan fingerprint density at radius 1 is 0.519 bits per heavy atom. The molecule has 0 rings (SSSR count). The number of nitrogens with one attached hydrogen (secondary N) is 1. The SMILES string of the molecule is CCCCCCCCCCCC/C=C/[C@@H](O)[C@H](COP(=O)(O)O)NC(=O)CCCCCCCCCCCCCCCCCCCCCCCCCCCC. The van der Waals surface area contributed by atoms with Crippen LogP contribution in [0.2, 0.25) is 0 Å². The fraction of sp³-hybridized carbons (Fsp3) is 0.935. The third kappa shape index (κ3) is 42.4. The maximum absolute atomic E-state index is 12.6. The number of unbranched alkanes of at least 4 members (excludes halogenated alkanes) is 35. The number of aliphatic hydroxyl groups excluding tert-OH is 1. The Morgan fingerprint density at radius 3 is 1.13 bits per heavy atom. The topological polar surface area (TPSA) is 116 Å². The highest BCUT2D eigenvalue weighted by Gasteiger charge is 2.24. The Kier molecular flexibility index (Phi) is 41.3. The average molecular weight is 786 g/mol. The maximum Gasteiger partial charge on any atom is 0.469 e.